The number of pyridine rings is 1. The molecule has 1 aliphatic rings. The van der Waals surface area contributed by atoms with Crippen molar-refractivity contribution in [3.63, 3.8) is 0 Å². The van der Waals surface area contributed by atoms with E-state index in [4.69, 9.17) is 23.2 Å². The predicted octanol–water partition coefficient (Wildman–Crippen LogP) is 4.61. The molecule has 3 aromatic rings. The van der Waals surface area contributed by atoms with Crippen molar-refractivity contribution < 1.29 is 9.18 Å². The first-order chi connectivity index (χ1) is 13.5. The Hall–Kier alpha value is -2.22. The van der Waals surface area contributed by atoms with E-state index in [2.05, 4.69) is 9.97 Å². The van der Waals surface area contributed by atoms with E-state index in [9.17, 15) is 9.18 Å². The van der Waals surface area contributed by atoms with Gasteiger partial charge in [0.1, 0.15) is 21.5 Å². The Bertz CT molecular complexity index is 1020. The first-order valence-corrected chi connectivity index (χ1v) is 10.2. The smallest absolute Gasteiger partial charge is 0.265 e. The molecule has 0 saturated carbocycles. The summed E-state index contributed by atoms with van der Waals surface area (Å²) in [4.78, 5) is 25.6. The molecular formula is C19H15Cl2FN4OS. The molecule has 1 aromatic carbocycles. The fraction of sp³-hybridized carbons (Fsp3) is 0.211. The number of anilines is 1. The van der Waals surface area contributed by atoms with Gasteiger partial charge in [0.15, 0.2) is 0 Å². The highest BCUT2D eigenvalue weighted by molar-refractivity contribution is 7.16. The molecule has 0 unspecified atom stereocenters. The third kappa shape index (κ3) is 3.83. The van der Waals surface area contributed by atoms with Gasteiger partial charge in [0.25, 0.3) is 5.91 Å². The SMILES string of the molecule is O=C(c1cnc(-c2ccccc2F)s1)N1CCN(c2ncc(Cl)cc2Cl)CC1. The molecule has 2 aromatic heterocycles. The number of rotatable bonds is 3. The maximum atomic E-state index is 13.9. The summed E-state index contributed by atoms with van der Waals surface area (Å²) in [5, 5.41) is 1.47. The van der Waals surface area contributed by atoms with Crippen LogP contribution in [0.1, 0.15) is 9.67 Å². The van der Waals surface area contributed by atoms with Crippen molar-refractivity contribution in [2.75, 3.05) is 31.1 Å². The van der Waals surface area contributed by atoms with Crippen LogP contribution in [0.4, 0.5) is 10.2 Å². The van der Waals surface area contributed by atoms with Gasteiger partial charge in [-0.2, -0.15) is 0 Å². The van der Waals surface area contributed by atoms with Crippen LogP contribution in [0.2, 0.25) is 10.0 Å². The van der Waals surface area contributed by atoms with Crippen LogP contribution < -0.4 is 4.90 Å². The van der Waals surface area contributed by atoms with Gasteiger partial charge in [-0.15, -0.1) is 11.3 Å². The summed E-state index contributed by atoms with van der Waals surface area (Å²) < 4.78 is 13.9. The lowest BCUT2D eigenvalue weighted by Crippen LogP contribution is -2.49. The van der Waals surface area contributed by atoms with E-state index in [0.717, 1.165) is 0 Å². The number of hydrogen-bond acceptors (Lipinski definition) is 5. The van der Waals surface area contributed by atoms with Crippen molar-refractivity contribution in [1.82, 2.24) is 14.9 Å². The van der Waals surface area contributed by atoms with E-state index in [1.165, 1.54) is 23.6 Å². The minimum atomic E-state index is -0.350. The Kier molecular flexibility index (Phi) is 5.48. The minimum Gasteiger partial charge on any atom is -0.352 e. The number of piperazine rings is 1. The quantitative estimate of drug-likeness (QED) is 0.601. The molecule has 0 spiro atoms. The normalized spacial score (nSPS) is 14.4. The van der Waals surface area contributed by atoms with E-state index in [1.807, 2.05) is 4.90 Å². The highest BCUT2D eigenvalue weighted by Crippen LogP contribution is 2.29. The van der Waals surface area contributed by atoms with Crippen molar-refractivity contribution in [1.29, 1.82) is 0 Å². The average molecular weight is 437 g/mol. The lowest BCUT2D eigenvalue weighted by molar-refractivity contribution is 0.0751. The summed E-state index contributed by atoms with van der Waals surface area (Å²) in [6.07, 6.45) is 3.07. The Balaban J connectivity index is 1.44. The molecule has 5 nitrogen and oxygen atoms in total. The van der Waals surface area contributed by atoms with Crippen molar-refractivity contribution in [2.24, 2.45) is 0 Å². The van der Waals surface area contributed by atoms with Crippen LogP contribution in [0.5, 0.6) is 0 Å². The van der Waals surface area contributed by atoms with Crippen molar-refractivity contribution >= 4 is 46.3 Å². The zero-order valence-corrected chi connectivity index (χ0v) is 16.9. The number of amides is 1. The van der Waals surface area contributed by atoms with Gasteiger partial charge in [-0.25, -0.2) is 14.4 Å². The summed E-state index contributed by atoms with van der Waals surface area (Å²) in [6, 6.07) is 8.07. The third-order valence-electron chi connectivity index (χ3n) is 4.48. The van der Waals surface area contributed by atoms with Gasteiger partial charge in [-0.1, -0.05) is 35.3 Å². The first-order valence-electron chi connectivity index (χ1n) is 8.59. The molecule has 144 valence electrons. The average Bonchev–Trinajstić information content (AvgIpc) is 3.18. The standard InChI is InChI=1S/C19H15Cl2FN4OS/c20-12-9-14(21)17(23-10-12)25-5-7-26(8-6-25)19(27)16-11-24-18(28-16)13-3-1-2-4-15(13)22/h1-4,9-11H,5-8H2. The Labute approximate surface area is 175 Å². The van der Waals surface area contributed by atoms with Crippen LogP contribution in [0.3, 0.4) is 0 Å². The molecule has 1 fully saturated rings. The number of carbonyl (C=O) groups is 1. The van der Waals surface area contributed by atoms with Crippen molar-refractivity contribution in [2.45, 2.75) is 0 Å². The molecule has 1 saturated heterocycles. The number of carbonyl (C=O) groups excluding carboxylic acids is 1. The van der Waals surface area contributed by atoms with E-state index < -0.39 is 0 Å². The summed E-state index contributed by atoms with van der Waals surface area (Å²) in [6.45, 7) is 2.29. The molecule has 3 heterocycles. The van der Waals surface area contributed by atoms with E-state index >= 15 is 0 Å². The number of thiazole rings is 1. The van der Waals surface area contributed by atoms with Crippen molar-refractivity contribution in [3.8, 4) is 10.6 Å². The van der Waals surface area contributed by atoms with E-state index in [0.29, 0.717) is 57.5 Å². The second-order valence-electron chi connectivity index (χ2n) is 6.25. The molecule has 4 rings (SSSR count). The van der Waals surface area contributed by atoms with Gasteiger partial charge in [-0.3, -0.25) is 4.79 Å². The van der Waals surface area contributed by atoms with Gasteiger partial charge in [0, 0.05) is 37.9 Å². The second-order valence-corrected chi connectivity index (χ2v) is 8.12. The molecular weight excluding hydrogens is 422 g/mol. The maximum Gasteiger partial charge on any atom is 0.265 e. The van der Waals surface area contributed by atoms with Crippen molar-refractivity contribution in [3.05, 3.63) is 63.5 Å². The molecule has 0 aliphatic carbocycles. The van der Waals surface area contributed by atoms with Crippen LogP contribution in [0, 0.1) is 5.82 Å². The lowest BCUT2D eigenvalue weighted by Gasteiger charge is -2.35. The lowest BCUT2D eigenvalue weighted by atomic mass is 10.2. The number of aromatic nitrogens is 2. The van der Waals surface area contributed by atoms with Gasteiger partial charge in [0.2, 0.25) is 0 Å². The molecule has 0 bridgehead atoms. The number of halogens is 3. The Morgan fingerprint density at radius 3 is 2.54 bits per heavy atom. The number of nitrogens with zero attached hydrogens (tertiary/aromatic N) is 4. The van der Waals surface area contributed by atoms with Crippen LogP contribution in [-0.2, 0) is 0 Å². The second kappa shape index (κ2) is 8.03. The maximum absolute atomic E-state index is 13.9. The minimum absolute atomic E-state index is 0.102. The molecule has 0 atom stereocenters. The number of benzene rings is 1. The largest absolute Gasteiger partial charge is 0.352 e. The number of hydrogen-bond donors (Lipinski definition) is 0. The zero-order chi connectivity index (χ0) is 19.7. The van der Waals surface area contributed by atoms with Crippen LogP contribution >= 0.6 is 34.5 Å². The van der Waals surface area contributed by atoms with Gasteiger partial charge in [0.05, 0.1) is 16.2 Å². The molecule has 28 heavy (non-hydrogen) atoms. The summed E-state index contributed by atoms with van der Waals surface area (Å²) in [5.41, 5.74) is 0.403. The Morgan fingerprint density at radius 2 is 1.82 bits per heavy atom. The molecule has 9 heteroatoms. The van der Waals surface area contributed by atoms with Crippen LogP contribution in [0.15, 0.2) is 42.7 Å². The van der Waals surface area contributed by atoms with E-state index in [-0.39, 0.29) is 11.7 Å². The highest BCUT2D eigenvalue weighted by Gasteiger charge is 2.25. The van der Waals surface area contributed by atoms with Crippen LogP contribution in [-0.4, -0.2) is 47.0 Å². The molecule has 1 amide bonds. The summed E-state index contributed by atoms with van der Waals surface area (Å²) >= 11 is 13.3. The molecule has 1 aliphatic heterocycles. The molecule has 0 N–H and O–H groups in total. The monoisotopic (exact) mass is 436 g/mol. The molecule has 0 radical (unpaired) electrons. The fourth-order valence-electron chi connectivity index (χ4n) is 3.05. The van der Waals surface area contributed by atoms with Gasteiger partial charge in [-0.05, 0) is 18.2 Å². The summed E-state index contributed by atoms with van der Waals surface area (Å²) in [5.74, 6) is 0.213. The van der Waals surface area contributed by atoms with Crippen LogP contribution in [0.25, 0.3) is 10.6 Å². The third-order valence-corrected chi connectivity index (χ3v) is 5.98. The Morgan fingerprint density at radius 1 is 1.07 bits per heavy atom. The van der Waals surface area contributed by atoms with E-state index in [1.54, 1.807) is 35.4 Å². The fourth-order valence-corrected chi connectivity index (χ4v) is 4.46. The first kappa shape index (κ1) is 19.1. The highest BCUT2D eigenvalue weighted by atomic mass is 35.5. The zero-order valence-electron chi connectivity index (χ0n) is 14.6. The van der Waals surface area contributed by atoms with Gasteiger partial charge < -0.3 is 9.80 Å². The summed E-state index contributed by atoms with van der Waals surface area (Å²) in [7, 11) is 0. The topological polar surface area (TPSA) is 49.3 Å². The van der Waals surface area contributed by atoms with Gasteiger partial charge >= 0.3 is 0 Å². The predicted molar refractivity (Wildman–Crippen MR) is 110 cm³/mol.